The van der Waals surface area contributed by atoms with E-state index in [-0.39, 0.29) is 36.4 Å². The van der Waals surface area contributed by atoms with Gasteiger partial charge in [-0.3, -0.25) is 0 Å². The van der Waals surface area contributed by atoms with Crippen molar-refractivity contribution in [2.24, 2.45) is 0 Å². The second kappa shape index (κ2) is 10.1. The zero-order chi connectivity index (χ0) is 31.6. The molecule has 1 aliphatic rings. The second-order valence-corrected chi connectivity index (χ2v) is 15.0. The Balaban J connectivity index is 2.60. The number of nitrogens with one attached hydrogen (secondary N) is 1. The van der Waals surface area contributed by atoms with Crippen molar-refractivity contribution < 1.29 is 65.9 Å². The lowest BCUT2D eigenvalue weighted by Crippen LogP contribution is -2.53. The molecule has 41 heavy (non-hydrogen) atoms. The molecule has 0 amide bonds. The van der Waals surface area contributed by atoms with Crippen molar-refractivity contribution >= 4 is 8.32 Å². The van der Waals surface area contributed by atoms with E-state index in [1.54, 1.807) is 0 Å². The zero-order valence-electron chi connectivity index (χ0n) is 21.2. The van der Waals surface area contributed by atoms with E-state index >= 15 is 0 Å². The van der Waals surface area contributed by atoms with Gasteiger partial charge in [-0.05, 0) is 67.2 Å². The van der Waals surface area contributed by atoms with Gasteiger partial charge in [0.25, 0.3) is 5.92 Å². The molecule has 0 saturated carbocycles. The molecule has 0 aliphatic carbocycles. The molecule has 1 N–H and O–H groups in total. The molecule has 1 fully saturated rings. The molecular formula is C24H21F14NOSi. The van der Waals surface area contributed by atoms with Crippen molar-refractivity contribution in [1.29, 1.82) is 0 Å². The van der Waals surface area contributed by atoms with E-state index in [0.29, 0.717) is 0 Å². The van der Waals surface area contributed by atoms with Gasteiger partial charge in [0.15, 0.2) is 8.32 Å². The summed E-state index contributed by atoms with van der Waals surface area (Å²) in [6.07, 6.45) is -23.3. The molecule has 0 aromatic heterocycles. The number of benzene rings is 2. The second-order valence-electron chi connectivity index (χ2n) is 10.5. The first kappa shape index (κ1) is 33.1. The molecule has 1 aliphatic heterocycles. The summed E-state index contributed by atoms with van der Waals surface area (Å²) in [5.74, 6) is -3.69. The van der Waals surface area contributed by atoms with Gasteiger partial charge in [0, 0.05) is 12.5 Å². The lowest BCUT2D eigenvalue weighted by molar-refractivity contribution is -0.144. The molecule has 17 heteroatoms. The fourth-order valence-electron chi connectivity index (χ4n) is 4.58. The van der Waals surface area contributed by atoms with Crippen LogP contribution in [0.3, 0.4) is 0 Å². The minimum absolute atomic E-state index is 0.0566. The van der Waals surface area contributed by atoms with Crippen LogP contribution in [-0.2, 0) is 34.7 Å². The third kappa shape index (κ3) is 7.33. The summed E-state index contributed by atoms with van der Waals surface area (Å²) in [4.78, 5) is 0. The Morgan fingerprint density at radius 3 is 1.12 bits per heavy atom. The first-order chi connectivity index (χ1) is 18.2. The van der Waals surface area contributed by atoms with Gasteiger partial charge in [0.1, 0.15) is 5.60 Å². The fraction of sp³-hybridized carbons (Fsp3) is 0.500. The summed E-state index contributed by atoms with van der Waals surface area (Å²) >= 11 is 0. The van der Waals surface area contributed by atoms with Crippen molar-refractivity contribution in [3.8, 4) is 0 Å². The number of hydrogen-bond donors (Lipinski definition) is 1. The molecule has 0 radical (unpaired) electrons. The van der Waals surface area contributed by atoms with Crippen LogP contribution in [0.1, 0.15) is 39.8 Å². The predicted octanol–water partition coefficient (Wildman–Crippen LogP) is 8.85. The summed E-state index contributed by atoms with van der Waals surface area (Å²) in [6, 6.07) is -2.46. The summed E-state index contributed by atoms with van der Waals surface area (Å²) in [5, 5.41) is 2.16. The largest absolute Gasteiger partial charge is 0.416 e. The Kier molecular flexibility index (Phi) is 8.16. The highest BCUT2D eigenvalue weighted by atomic mass is 28.4. The number of rotatable bonds is 5. The predicted molar refractivity (Wildman–Crippen MR) is 119 cm³/mol. The molecular weight excluding hydrogens is 612 g/mol. The van der Waals surface area contributed by atoms with E-state index in [0.717, 1.165) is 0 Å². The average Bonchev–Trinajstić information content (AvgIpc) is 3.13. The van der Waals surface area contributed by atoms with Crippen molar-refractivity contribution in [2.75, 3.05) is 6.54 Å². The Hall–Kier alpha value is -2.40. The van der Waals surface area contributed by atoms with E-state index < -0.39 is 96.9 Å². The van der Waals surface area contributed by atoms with Crippen molar-refractivity contribution in [2.45, 2.75) is 68.3 Å². The summed E-state index contributed by atoms with van der Waals surface area (Å²) in [5.41, 5.74) is -13.4. The molecule has 1 saturated heterocycles. The molecule has 1 heterocycles. The molecule has 2 aromatic carbocycles. The van der Waals surface area contributed by atoms with E-state index in [1.165, 1.54) is 19.6 Å². The molecule has 3 rings (SSSR count). The van der Waals surface area contributed by atoms with Crippen LogP contribution in [0.15, 0.2) is 36.4 Å². The Labute approximate surface area is 224 Å². The molecule has 2 nitrogen and oxygen atoms in total. The van der Waals surface area contributed by atoms with Gasteiger partial charge in [-0.2, -0.15) is 52.7 Å². The Morgan fingerprint density at radius 2 is 0.902 bits per heavy atom. The maximum absolute atomic E-state index is 14.4. The van der Waals surface area contributed by atoms with Crippen LogP contribution in [0.4, 0.5) is 61.5 Å². The number of hydrogen-bond acceptors (Lipinski definition) is 2. The lowest BCUT2D eigenvalue weighted by atomic mass is 9.77. The highest BCUT2D eigenvalue weighted by Gasteiger charge is 2.55. The van der Waals surface area contributed by atoms with Crippen LogP contribution in [0.25, 0.3) is 0 Å². The molecule has 230 valence electrons. The smallest absolute Gasteiger partial charge is 0.403 e. The monoisotopic (exact) mass is 633 g/mol. The van der Waals surface area contributed by atoms with Gasteiger partial charge in [0.05, 0.1) is 28.8 Å². The highest BCUT2D eigenvalue weighted by Crippen LogP contribution is 2.50. The Morgan fingerprint density at radius 1 is 0.610 bits per heavy atom. The quantitative estimate of drug-likeness (QED) is 0.263. The topological polar surface area (TPSA) is 21.3 Å². The number of alkyl halides is 14. The van der Waals surface area contributed by atoms with E-state index in [4.69, 9.17) is 4.43 Å². The average molecular weight is 633 g/mol. The van der Waals surface area contributed by atoms with Crippen molar-refractivity contribution in [1.82, 2.24) is 5.32 Å². The maximum atomic E-state index is 14.4. The van der Waals surface area contributed by atoms with Crippen LogP contribution >= 0.6 is 0 Å². The van der Waals surface area contributed by atoms with Gasteiger partial charge in [0.2, 0.25) is 0 Å². The minimum Gasteiger partial charge on any atom is -0.403 e. The fourth-order valence-corrected chi connectivity index (χ4v) is 5.93. The van der Waals surface area contributed by atoms with Crippen LogP contribution in [0.5, 0.6) is 0 Å². The molecule has 1 atom stereocenters. The summed E-state index contributed by atoms with van der Waals surface area (Å²) in [6.45, 7) is 2.62. The van der Waals surface area contributed by atoms with Gasteiger partial charge in [-0.15, -0.1) is 0 Å². The Bertz CT molecular complexity index is 1130. The van der Waals surface area contributed by atoms with Gasteiger partial charge >= 0.3 is 24.7 Å². The van der Waals surface area contributed by atoms with E-state index in [9.17, 15) is 61.5 Å². The van der Waals surface area contributed by atoms with E-state index in [1.807, 2.05) is 0 Å². The minimum atomic E-state index is -5.49. The van der Waals surface area contributed by atoms with Gasteiger partial charge in [-0.25, -0.2) is 8.78 Å². The summed E-state index contributed by atoms with van der Waals surface area (Å²) in [7, 11) is -3.44. The summed E-state index contributed by atoms with van der Waals surface area (Å²) < 4.78 is 200. The third-order valence-corrected chi connectivity index (χ3v) is 7.04. The van der Waals surface area contributed by atoms with Crippen LogP contribution in [0, 0.1) is 0 Å². The van der Waals surface area contributed by atoms with E-state index in [2.05, 4.69) is 5.32 Å². The maximum Gasteiger partial charge on any atom is 0.416 e. The zero-order valence-corrected chi connectivity index (χ0v) is 22.2. The molecule has 0 unspecified atom stereocenters. The van der Waals surface area contributed by atoms with Crippen LogP contribution in [0.2, 0.25) is 19.6 Å². The van der Waals surface area contributed by atoms with Gasteiger partial charge < -0.3 is 9.74 Å². The third-order valence-electron chi connectivity index (χ3n) is 6.10. The van der Waals surface area contributed by atoms with Crippen LogP contribution < -0.4 is 5.32 Å². The SMILES string of the molecule is C[Si](C)(C)OC(c1cc(C(F)(F)F)cc(C(F)(F)F)c1)(c1cc(C(F)(F)F)cc(C(F)(F)F)c1)[C@@H]1CC(F)(F)CN1. The highest BCUT2D eigenvalue weighted by molar-refractivity contribution is 6.69. The molecule has 0 bridgehead atoms. The van der Waals surface area contributed by atoms with Gasteiger partial charge in [-0.1, -0.05) is 0 Å². The first-order valence-corrected chi connectivity index (χ1v) is 15.0. The lowest BCUT2D eigenvalue weighted by Gasteiger charge is -2.45. The molecule has 2 aromatic rings. The normalized spacial score (nSPS) is 19.1. The standard InChI is InChI=1S/C24H21F14NOSi/c1-41(2,3)40-20(18-10-19(25,26)11-39-18,12-4-14(21(27,28)29)8-15(5-12)22(30,31)32)13-6-16(23(33,34)35)9-17(7-13)24(36,37)38/h4-9,18,39H,10-11H2,1-3H3/t18-/m0/s1. The number of halogens is 14. The molecule has 0 spiro atoms. The van der Waals surface area contributed by atoms with Crippen LogP contribution in [-0.4, -0.2) is 26.8 Å². The first-order valence-electron chi connectivity index (χ1n) is 11.6. The van der Waals surface area contributed by atoms with Crippen molar-refractivity contribution in [3.05, 3.63) is 69.8 Å². The van der Waals surface area contributed by atoms with Crippen molar-refractivity contribution in [3.63, 3.8) is 0 Å².